The molecule has 0 saturated carbocycles. The second-order valence-electron chi connectivity index (χ2n) is 7.24. The van der Waals surface area contributed by atoms with Crippen LogP contribution in [0.4, 0.5) is 5.69 Å². The van der Waals surface area contributed by atoms with E-state index in [1.54, 1.807) is 48.5 Å². The fraction of sp³-hybridized carbons (Fsp3) is 0.115. The van der Waals surface area contributed by atoms with Gasteiger partial charge in [-0.25, -0.2) is 9.78 Å². The lowest BCUT2D eigenvalue weighted by molar-refractivity contribution is -0.119. The summed E-state index contributed by atoms with van der Waals surface area (Å²) >= 11 is 6.34. The zero-order chi connectivity index (χ0) is 24.1. The molecule has 0 spiro atoms. The van der Waals surface area contributed by atoms with Crippen LogP contribution in [0.25, 0.3) is 22.2 Å². The van der Waals surface area contributed by atoms with Crippen molar-refractivity contribution < 1.29 is 23.8 Å². The molecule has 1 aromatic heterocycles. The summed E-state index contributed by atoms with van der Waals surface area (Å²) in [6, 6.07) is 21.0. The van der Waals surface area contributed by atoms with E-state index in [0.717, 1.165) is 0 Å². The number of rotatable bonds is 7. The molecule has 4 aromatic rings. The SMILES string of the molecule is COc1ccc(NC(=O)COC(=O)c2cc(-c3ccccc3Cl)nc3ccccc23)c(OC)c1. The maximum Gasteiger partial charge on any atom is 0.339 e. The molecule has 34 heavy (non-hydrogen) atoms. The fourth-order valence-electron chi connectivity index (χ4n) is 3.45. The van der Waals surface area contributed by atoms with Crippen molar-refractivity contribution in [3.8, 4) is 22.8 Å². The molecular weight excluding hydrogens is 456 g/mol. The number of carbonyl (C=O) groups excluding carboxylic acids is 2. The molecular formula is C26H21ClN2O5. The molecule has 0 aliphatic heterocycles. The Morgan fingerprint density at radius 2 is 1.71 bits per heavy atom. The first kappa shape index (κ1) is 23.1. The van der Waals surface area contributed by atoms with E-state index in [-0.39, 0.29) is 5.56 Å². The van der Waals surface area contributed by atoms with Crippen molar-refractivity contribution in [3.63, 3.8) is 0 Å². The summed E-state index contributed by atoms with van der Waals surface area (Å²) in [6.07, 6.45) is 0. The molecule has 0 atom stereocenters. The molecule has 0 aliphatic carbocycles. The number of amides is 1. The normalized spacial score (nSPS) is 10.6. The van der Waals surface area contributed by atoms with Crippen LogP contribution < -0.4 is 14.8 Å². The zero-order valence-corrected chi connectivity index (χ0v) is 19.3. The molecule has 172 valence electrons. The van der Waals surface area contributed by atoms with Crippen LogP contribution in [0.2, 0.25) is 5.02 Å². The van der Waals surface area contributed by atoms with Crippen LogP contribution >= 0.6 is 11.6 Å². The Morgan fingerprint density at radius 1 is 0.941 bits per heavy atom. The van der Waals surface area contributed by atoms with Crippen LogP contribution in [-0.2, 0) is 9.53 Å². The number of aromatic nitrogens is 1. The third-order valence-corrected chi connectivity index (χ3v) is 5.43. The summed E-state index contributed by atoms with van der Waals surface area (Å²) in [5.74, 6) is -0.158. The van der Waals surface area contributed by atoms with Gasteiger partial charge in [0.1, 0.15) is 11.5 Å². The first-order chi connectivity index (χ1) is 16.5. The lowest BCUT2D eigenvalue weighted by Gasteiger charge is -2.13. The van der Waals surface area contributed by atoms with Crippen LogP contribution in [0.3, 0.4) is 0 Å². The highest BCUT2D eigenvalue weighted by atomic mass is 35.5. The van der Waals surface area contributed by atoms with Crippen LogP contribution in [-0.4, -0.2) is 37.7 Å². The Morgan fingerprint density at radius 3 is 2.47 bits per heavy atom. The van der Waals surface area contributed by atoms with Crippen LogP contribution in [0.15, 0.2) is 72.8 Å². The molecule has 4 rings (SSSR count). The average molecular weight is 477 g/mol. The minimum absolute atomic E-state index is 0.287. The number of esters is 1. The molecule has 3 aromatic carbocycles. The Balaban J connectivity index is 1.55. The van der Waals surface area contributed by atoms with E-state index in [0.29, 0.717) is 44.4 Å². The number of benzene rings is 3. The molecule has 0 bridgehead atoms. The molecule has 1 heterocycles. The topological polar surface area (TPSA) is 86.8 Å². The molecule has 0 unspecified atom stereocenters. The monoisotopic (exact) mass is 476 g/mol. The molecule has 7 nitrogen and oxygen atoms in total. The van der Waals surface area contributed by atoms with Gasteiger partial charge >= 0.3 is 5.97 Å². The third-order valence-electron chi connectivity index (χ3n) is 5.10. The summed E-state index contributed by atoms with van der Waals surface area (Å²) in [6.45, 7) is -0.480. The van der Waals surface area contributed by atoms with E-state index in [1.807, 2.05) is 24.3 Å². The van der Waals surface area contributed by atoms with Gasteiger partial charge in [0.2, 0.25) is 0 Å². The van der Waals surface area contributed by atoms with Crippen molar-refractivity contribution in [2.45, 2.75) is 0 Å². The Bertz CT molecular complexity index is 1370. The number of anilines is 1. The van der Waals surface area contributed by atoms with Gasteiger partial charge in [-0.3, -0.25) is 4.79 Å². The molecule has 0 aliphatic rings. The van der Waals surface area contributed by atoms with Gasteiger partial charge < -0.3 is 19.5 Å². The summed E-state index contributed by atoms with van der Waals surface area (Å²) in [4.78, 5) is 30.1. The van der Waals surface area contributed by atoms with E-state index >= 15 is 0 Å². The van der Waals surface area contributed by atoms with E-state index in [9.17, 15) is 9.59 Å². The van der Waals surface area contributed by atoms with Gasteiger partial charge in [-0.15, -0.1) is 0 Å². The second kappa shape index (κ2) is 10.2. The smallest absolute Gasteiger partial charge is 0.339 e. The molecule has 1 N–H and O–H groups in total. The number of hydrogen-bond acceptors (Lipinski definition) is 6. The number of pyridine rings is 1. The lowest BCUT2D eigenvalue weighted by Crippen LogP contribution is -2.21. The van der Waals surface area contributed by atoms with E-state index in [1.165, 1.54) is 14.2 Å². The summed E-state index contributed by atoms with van der Waals surface area (Å²) in [7, 11) is 3.02. The molecule has 1 amide bonds. The number of carbonyl (C=O) groups is 2. The first-order valence-electron chi connectivity index (χ1n) is 10.3. The molecule has 0 saturated heterocycles. The highest BCUT2D eigenvalue weighted by Gasteiger charge is 2.18. The van der Waals surface area contributed by atoms with Gasteiger partial charge in [0.25, 0.3) is 5.91 Å². The fourth-order valence-corrected chi connectivity index (χ4v) is 3.68. The van der Waals surface area contributed by atoms with E-state index in [2.05, 4.69) is 10.3 Å². The highest BCUT2D eigenvalue weighted by molar-refractivity contribution is 6.33. The maximum atomic E-state index is 13.0. The van der Waals surface area contributed by atoms with Gasteiger partial charge in [0.05, 0.1) is 36.7 Å². The van der Waals surface area contributed by atoms with Crippen LogP contribution in [0.1, 0.15) is 10.4 Å². The van der Waals surface area contributed by atoms with Crippen LogP contribution in [0, 0.1) is 0 Å². The Hall–Kier alpha value is -4.10. The molecule has 0 fully saturated rings. The lowest BCUT2D eigenvalue weighted by atomic mass is 10.0. The number of hydrogen-bond donors (Lipinski definition) is 1. The highest BCUT2D eigenvalue weighted by Crippen LogP contribution is 2.31. The number of halogens is 1. The average Bonchev–Trinajstić information content (AvgIpc) is 2.87. The van der Waals surface area contributed by atoms with Crippen molar-refractivity contribution in [1.29, 1.82) is 0 Å². The Labute approximate surface area is 201 Å². The number of nitrogens with one attached hydrogen (secondary N) is 1. The standard InChI is InChI=1S/C26H21ClN2O5/c1-32-16-11-12-22(24(13-16)33-2)29-25(30)15-34-26(31)19-14-23(18-8-3-5-9-20(18)27)28-21-10-6-4-7-17(19)21/h3-14H,15H2,1-2H3,(H,29,30). The third kappa shape index (κ3) is 4.94. The van der Waals surface area contributed by atoms with Gasteiger partial charge in [-0.05, 0) is 30.3 Å². The van der Waals surface area contributed by atoms with Crippen molar-refractivity contribution >= 4 is 40.1 Å². The predicted molar refractivity (Wildman–Crippen MR) is 131 cm³/mol. The van der Waals surface area contributed by atoms with Gasteiger partial charge in [0.15, 0.2) is 6.61 Å². The number of fused-ring (bicyclic) bond motifs is 1. The number of para-hydroxylation sites is 1. The van der Waals surface area contributed by atoms with E-state index < -0.39 is 18.5 Å². The van der Waals surface area contributed by atoms with Crippen molar-refractivity contribution in [2.24, 2.45) is 0 Å². The Kier molecular flexibility index (Phi) is 6.94. The zero-order valence-electron chi connectivity index (χ0n) is 18.5. The quantitative estimate of drug-likeness (QED) is 0.361. The minimum Gasteiger partial charge on any atom is -0.497 e. The summed E-state index contributed by atoms with van der Waals surface area (Å²) in [5.41, 5.74) is 2.55. The number of methoxy groups -OCH3 is 2. The van der Waals surface area contributed by atoms with Crippen LogP contribution in [0.5, 0.6) is 11.5 Å². The maximum absolute atomic E-state index is 13.0. The predicted octanol–water partition coefficient (Wildman–Crippen LogP) is 5.37. The first-order valence-corrected chi connectivity index (χ1v) is 10.7. The van der Waals surface area contributed by atoms with Crippen molar-refractivity contribution in [1.82, 2.24) is 4.98 Å². The van der Waals surface area contributed by atoms with Gasteiger partial charge in [-0.1, -0.05) is 48.0 Å². The van der Waals surface area contributed by atoms with Crippen molar-refractivity contribution in [3.05, 3.63) is 83.4 Å². The largest absolute Gasteiger partial charge is 0.497 e. The van der Waals surface area contributed by atoms with Gasteiger partial charge in [-0.2, -0.15) is 0 Å². The molecule has 0 radical (unpaired) electrons. The summed E-state index contributed by atoms with van der Waals surface area (Å²) in [5, 5.41) is 3.80. The summed E-state index contributed by atoms with van der Waals surface area (Å²) < 4.78 is 15.8. The van der Waals surface area contributed by atoms with E-state index in [4.69, 9.17) is 25.8 Å². The minimum atomic E-state index is -0.649. The number of ether oxygens (including phenoxy) is 3. The van der Waals surface area contributed by atoms with Crippen molar-refractivity contribution in [2.75, 3.05) is 26.1 Å². The van der Waals surface area contributed by atoms with Gasteiger partial charge in [0, 0.05) is 22.0 Å². The molecule has 8 heteroatoms. The number of nitrogens with zero attached hydrogens (tertiary/aromatic N) is 1. The second-order valence-corrected chi connectivity index (χ2v) is 7.65.